The lowest BCUT2D eigenvalue weighted by molar-refractivity contribution is -0.132. The minimum atomic E-state index is 0.260. The Morgan fingerprint density at radius 3 is 3.04 bits per heavy atom. The van der Waals surface area contributed by atoms with Gasteiger partial charge in [-0.15, -0.1) is 11.3 Å². The van der Waals surface area contributed by atoms with Crippen LogP contribution in [0.2, 0.25) is 0 Å². The van der Waals surface area contributed by atoms with E-state index in [1.165, 1.54) is 15.4 Å². The summed E-state index contributed by atoms with van der Waals surface area (Å²) in [7, 11) is 2.05. The number of piperidine rings is 1. The number of pyridine rings is 1. The number of rotatable bonds is 6. The quantitative estimate of drug-likeness (QED) is 0.796. The molecule has 0 bridgehead atoms. The summed E-state index contributed by atoms with van der Waals surface area (Å²) >= 11 is 1.76. The first-order valence-corrected chi connectivity index (χ1v) is 9.71. The molecule has 5 nitrogen and oxygen atoms in total. The number of aryl methyl sites for hydroxylation is 1. The fourth-order valence-corrected chi connectivity index (χ4v) is 4.19. The van der Waals surface area contributed by atoms with Gasteiger partial charge in [0.1, 0.15) is 0 Å². The average Bonchev–Trinajstić information content (AvgIpc) is 3.07. The van der Waals surface area contributed by atoms with Crippen molar-refractivity contribution in [3.05, 3.63) is 46.2 Å². The third kappa shape index (κ3) is 5.09. The minimum absolute atomic E-state index is 0.260. The predicted octanol–water partition coefficient (Wildman–Crippen LogP) is 3.07. The highest BCUT2D eigenvalue weighted by Crippen LogP contribution is 2.29. The Hall–Kier alpha value is -1.79. The number of hydrogen-bond donors (Lipinski definition) is 0. The lowest BCUT2D eigenvalue weighted by atomic mass is 9.98. The zero-order valence-electron chi connectivity index (χ0n) is 15.0. The summed E-state index contributed by atoms with van der Waals surface area (Å²) in [6.45, 7) is 5.38. The van der Waals surface area contributed by atoms with E-state index >= 15 is 0 Å². The smallest absolute Gasteiger partial charge is 0.223 e. The molecule has 1 amide bonds. The summed E-state index contributed by atoms with van der Waals surface area (Å²) < 4.78 is 0. The van der Waals surface area contributed by atoms with E-state index in [-0.39, 0.29) is 5.91 Å². The van der Waals surface area contributed by atoms with E-state index in [0.29, 0.717) is 12.3 Å². The summed E-state index contributed by atoms with van der Waals surface area (Å²) in [5.74, 6) is 0.667. The van der Waals surface area contributed by atoms with Gasteiger partial charge in [0.05, 0.1) is 5.01 Å². The summed E-state index contributed by atoms with van der Waals surface area (Å²) in [4.78, 5) is 26.7. The largest absolute Gasteiger partial charge is 0.342 e. The molecular weight excluding hydrogens is 332 g/mol. The Morgan fingerprint density at radius 2 is 2.32 bits per heavy atom. The molecule has 1 aliphatic heterocycles. The third-order valence-corrected chi connectivity index (χ3v) is 5.72. The lowest BCUT2D eigenvalue weighted by Gasteiger charge is -2.32. The maximum atomic E-state index is 12.6. The van der Waals surface area contributed by atoms with Gasteiger partial charge in [-0.05, 0) is 38.4 Å². The van der Waals surface area contributed by atoms with Gasteiger partial charge >= 0.3 is 0 Å². The molecule has 0 N–H and O–H groups in total. The Balaban J connectivity index is 1.47. The van der Waals surface area contributed by atoms with Crippen LogP contribution in [-0.2, 0) is 11.3 Å². The van der Waals surface area contributed by atoms with E-state index < -0.39 is 0 Å². The Kier molecular flexibility index (Phi) is 6.15. The molecule has 0 aromatic carbocycles. The Morgan fingerprint density at radius 1 is 1.44 bits per heavy atom. The van der Waals surface area contributed by atoms with Crippen LogP contribution in [0, 0.1) is 6.92 Å². The number of aromatic nitrogens is 2. The highest BCUT2D eigenvalue weighted by molar-refractivity contribution is 7.11. The molecule has 134 valence electrons. The molecule has 2 aromatic rings. The fourth-order valence-electron chi connectivity index (χ4n) is 3.29. The van der Waals surface area contributed by atoms with Gasteiger partial charge in [0.25, 0.3) is 0 Å². The number of hydrogen-bond acceptors (Lipinski definition) is 5. The number of carbonyl (C=O) groups excluding carboxylic acids is 1. The maximum absolute atomic E-state index is 12.6. The standard InChI is InChI=1S/C19H26N4OS/c1-15-11-21-19(25-15)17-6-4-9-23(14-17)18(24)7-10-22(2)13-16-5-3-8-20-12-16/h3,5,8,11-12,17H,4,6-7,9-10,13-14H2,1-2H3/t17-/m0/s1. The molecule has 1 saturated heterocycles. The second kappa shape index (κ2) is 8.54. The van der Waals surface area contributed by atoms with Gasteiger partial charge in [-0.25, -0.2) is 4.98 Å². The van der Waals surface area contributed by atoms with Crippen LogP contribution < -0.4 is 0 Å². The second-order valence-corrected chi connectivity index (χ2v) is 8.10. The molecule has 0 radical (unpaired) electrons. The Labute approximate surface area is 153 Å². The van der Waals surface area contributed by atoms with Gasteiger partial charge in [-0.1, -0.05) is 6.07 Å². The van der Waals surface area contributed by atoms with Crippen molar-refractivity contribution in [2.24, 2.45) is 0 Å². The first kappa shape index (κ1) is 18.0. The van der Waals surface area contributed by atoms with Gasteiger partial charge in [0.15, 0.2) is 0 Å². The van der Waals surface area contributed by atoms with Crippen molar-refractivity contribution in [2.75, 3.05) is 26.7 Å². The van der Waals surface area contributed by atoms with Crippen molar-refractivity contribution >= 4 is 17.2 Å². The average molecular weight is 359 g/mol. The SMILES string of the molecule is Cc1cnc([C@H]2CCCN(C(=O)CCN(C)Cc3cccnc3)C2)s1. The molecule has 25 heavy (non-hydrogen) atoms. The van der Waals surface area contributed by atoms with Crippen molar-refractivity contribution in [3.8, 4) is 0 Å². The van der Waals surface area contributed by atoms with Crippen molar-refractivity contribution in [3.63, 3.8) is 0 Å². The molecule has 0 spiro atoms. The van der Waals surface area contributed by atoms with Crippen LogP contribution in [-0.4, -0.2) is 52.4 Å². The van der Waals surface area contributed by atoms with E-state index in [1.807, 2.05) is 23.4 Å². The summed E-state index contributed by atoms with van der Waals surface area (Å²) in [6, 6.07) is 4.01. The van der Waals surface area contributed by atoms with Gasteiger partial charge in [-0.2, -0.15) is 0 Å². The maximum Gasteiger partial charge on any atom is 0.223 e. The highest BCUT2D eigenvalue weighted by Gasteiger charge is 2.26. The van der Waals surface area contributed by atoms with Gasteiger partial charge in [0.2, 0.25) is 5.91 Å². The number of carbonyl (C=O) groups is 1. The normalized spacial score (nSPS) is 17.9. The van der Waals surface area contributed by atoms with Crippen LogP contribution in [0.15, 0.2) is 30.7 Å². The van der Waals surface area contributed by atoms with Crippen molar-refractivity contribution in [1.29, 1.82) is 0 Å². The molecule has 0 saturated carbocycles. The predicted molar refractivity (Wildman–Crippen MR) is 101 cm³/mol. The van der Waals surface area contributed by atoms with E-state index in [9.17, 15) is 4.79 Å². The molecule has 0 aliphatic carbocycles. The molecule has 2 aromatic heterocycles. The van der Waals surface area contributed by atoms with E-state index in [2.05, 4.69) is 34.9 Å². The minimum Gasteiger partial charge on any atom is -0.342 e. The summed E-state index contributed by atoms with van der Waals surface area (Å²) in [5.41, 5.74) is 1.18. The van der Waals surface area contributed by atoms with E-state index in [1.54, 1.807) is 17.5 Å². The molecule has 1 fully saturated rings. The number of thiazole rings is 1. The Bertz CT molecular complexity index is 688. The van der Waals surface area contributed by atoms with E-state index in [0.717, 1.165) is 39.0 Å². The van der Waals surface area contributed by atoms with E-state index in [4.69, 9.17) is 0 Å². The zero-order valence-corrected chi connectivity index (χ0v) is 15.8. The molecule has 6 heteroatoms. The molecule has 3 heterocycles. The second-order valence-electron chi connectivity index (χ2n) is 6.84. The van der Waals surface area contributed by atoms with Crippen LogP contribution in [0.4, 0.5) is 0 Å². The van der Waals surface area contributed by atoms with Crippen LogP contribution in [0.3, 0.4) is 0 Å². The number of amides is 1. The summed E-state index contributed by atoms with van der Waals surface area (Å²) in [6.07, 6.45) is 8.38. The molecule has 1 aliphatic rings. The topological polar surface area (TPSA) is 49.3 Å². The number of nitrogens with zero attached hydrogens (tertiary/aromatic N) is 4. The molecular formula is C19H26N4OS. The van der Waals surface area contributed by atoms with Crippen molar-refractivity contribution in [1.82, 2.24) is 19.8 Å². The molecule has 1 atom stereocenters. The molecule has 0 unspecified atom stereocenters. The number of likely N-dealkylation sites (tertiary alicyclic amines) is 1. The van der Waals surface area contributed by atoms with Crippen molar-refractivity contribution < 1.29 is 4.79 Å². The van der Waals surface area contributed by atoms with Gasteiger partial charge in [0, 0.05) is 62.0 Å². The first-order chi connectivity index (χ1) is 12.1. The lowest BCUT2D eigenvalue weighted by Crippen LogP contribution is -2.40. The van der Waals surface area contributed by atoms with Crippen LogP contribution in [0.5, 0.6) is 0 Å². The van der Waals surface area contributed by atoms with Gasteiger partial charge in [-0.3, -0.25) is 9.78 Å². The van der Waals surface area contributed by atoms with Crippen LogP contribution in [0.25, 0.3) is 0 Å². The van der Waals surface area contributed by atoms with Crippen LogP contribution >= 0.6 is 11.3 Å². The first-order valence-electron chi connectivity index (χ1n) is 8.89. The van der Waals surface area contributed by atoms with Crippen molar-refractivity contribution in [2.45, 2.75) is 38.6 Å². The molecule has 3 rings (SSSR count). The zero-order chi connectivity index (χ0) is 17.6. The fraction of sp³-hybridized carbons (Fsp3) is 0.526. The third-order valence-electron chi connectivity index (χ3n) is 4.65. The van der Waals surface area contributed by atoms with Crippen LogP contribution in [0.1, 0.15) is 40.6 Å². The van der Waals surface area contributed by atoms with Gasteiger partial charge < -0.3 is 9.80 Å². The summed E-state index contributed by atoms with van der Waals surface area (Å²) in [5, 5.41) is 1.18. The highest BCUT2D eigenvalue weighted by atomic mass is 32.1. The monoisotopic (exact) mass is 358 g/mol.